The standard InChI is InChI=1S/C21H30O3/c1-20-9-7-14(23)11-13(20)3-4-15-16-5-6-18(19(24)12-22)21(16,2)10-8-17(15)20/h3,15-18,22H,4-12H2,1-2H3. The van der Waals surface area contributed by atoms with E-state index in [1.54, 1.807) is 0 Å². The molecule has 0 bridgehead atoms. The second kappa shape index (κ2) is 5.52. The van der Waals surface area contributed by atoms with Crippen molar-refractivity contribution in [1.29, 1.82) is 0 Å². The van der Waals surface area contributed by atoms with Crippen LogP contribution in [0.5, 0.6) is 0 Å². The van der Waals surface area contributed by atoms with Gasteiger partial charge in [-0.2, -0.15) is 0 Å². The number of carbonyl (C=O) groups is 2. The Labute approximate surface area is 144 Å². The normalized spacial score (nSPS) is 47.5. The summed E-state index contributed by atoms with van der Waals surface area (Å²) in [5, 5.41) is 9.36. The van der Waals surface area contributed by atoms with Crippen LogP contribution >= 0.6 is 0 Å². The van der Waals surface area contributed by atoms with E-state index in [2.05, 4.69) is 19.9 Å². The lowest BCUT2D eigenvalue weighted by Gasteiger charge is -2.57. The van der Waals surface area contributed by atoms with Crippen LogP contribution in [0.25, 0.3) is 0 Å². The van der Waals surface area contributed by atoms with E-state index in [0.29, 0.717) is 30.0 Å². The molecule has 6 unspecified atom stereocenters. The molecule has 24 heavy (non-hydrogen) atoms. The maximum absolute atomic E-state index is 12.3. The first-order chi connectivity index (χ1) is 11.4. The number of hydrogen-bond acceptors (Lipinski definition) is 3. The summed E-state index contributed by atoms with van der Waals surface area (Å²) in [5.74, 6) is 2.45. The van der Waals surface area contributed by atoms with E-state index < -0.39 is 0 Å². The molecule has 3 nitrogen and oxygen atoms in total. The molecule has 6 atom stereocenters. The number of fused-ring (bicyclic) bond motifs is 5. The zero-order chi connectivity index (χ0) is 17.1. The molecule has 0 aromatic carbocycles. The molecule has 0 spiro atoms. The quantitative estimate of drug-likeness (QED) is 0.786. The smallest absolute Gasteiger partial charge is 0.161 e. The first kappa shape index (κ1) is 16.5. The minimum absolute atomic E-state index is 0.0552. The molecule has 4 aliphatic carbocycles. The van der Waals surface area contributed by atoms with Gasteiger partial charge in [0.2, 0.25) is 0 Å². The molecule has 0 saturated heterocycles. The molecular formula is C21H30O3. The summed E-state index contributed by atoms with van der Waals surface area (Å²) in [4.78, 5) is 24.2. The van der Waals surface area contributed by atoms with Gasteiger partial charge in [0, 0.05) is 18.8 Å². The van der Waals surface area contributed by atoms with E-state index in [1.165, 1.54) is 12.0 Å². The average molecular weight is 330 g/mol. The Hall–Kier alpha value is -0.960. The van der Waals surface area contributed by atoms with Crippen molar-refractivity contribution in [2.75, 3.05) is 6.61 Å². The van der Waals surface area contributed by atoms with Gasteiger partial charge in [-0.05, 0) is 67.1 Å². The van der Waals surface area contributed by atoms with Crippen LogP contribution in [0.4, 0.5) is 0 Å². The van der Waals surface area contributed by atoms with Crippen LogP contribution in [0.15, 0.2) is 11.6 Å². The summed E-state index contributed by atoms with van der Waals surface area (Å²) in [6.45, 7) is 4.41. The number of Topliss-reactive ketones (excluding diaryl/α,β-unsaturated/α-hetero) is 2. The van der Waals surface area contributed by atoms with Gasteiger partial charge in [0.1, 0.15) is 12.4 Å². The third-order valence-electron chi connectivity index (χ3n) is 8.48. The fraction of sp³-hybridized carbons (Fsp3) is 0.810. The highest BCUT2D eigenvalue weighted by Gasteiger charge is 2.59. The Kier molecular flexibility index (Phi) is 3.80. The second-order valence-corrected chi connectivity index (χ2v) is 9.27. The first-order valence-corrected chi connectivity index (χ1v) is 9.75. The van der Waals surface area contributed by atoms with Gasteiger partial charge in [0.15, 0.2) is 5.78 Å². The molecule has 0 aliphatic heterocycles. The third kappa shape index (κ3) is 2.13. The van der Waals surface area contributed by atoms with Crippen molar-refractivity contribution < 1.29 is 14.7 Å². The number of hydrogen-bond donors (Lipinski definition) is 1. The van der Waals surface area contributed by atoms with E-state index >= 15 is 0 Å². The molecule has 0 aromatic rings. The topological polar surface area (TPSA) is 54.4 Å². The van der Waals surface area contributed by atoms with Crippen molar-refractivity contribution in [3.05, 3.63) is 11.6 Å². The summed E-state index contributed by atoms with van der Waals surface area (Å²) in [6, 6.07) is 0. The van der Waals surface area contributed by atoms with Gasteiger partial charge in [0.25, 0.3) is 0 Å². The zero-order valence-corrected chi connectivity index (χ0v) is 15.0. The SMILES string of the molecule is CC12CCC(=O)CC1=CCC1C2CCC2(C)C(C(=O)CO)CCC12. The molecule has 132 valence electrons. The molecule has 4 rings (SSSR count). The Morgan fingerprint density at radius 3 is 2.75 bits per heavy atom. The average Bonchev–Trinajstić information content (AvgIpc) is 2.92. The largest absolute Gasteiger partial charge is 0.389 e. The van der Waals surface area contributed by atoms with Crippen molar-refractivity contribution in [2.24, 2.45) is 34.5 Å². The lowest BCUT2D eigenvalue weighted by Crippen LogP contribution is -2.50. The molecule has 3 heteroatoms. The number of carbonyl (C=O) groups excluding carboxylic acids is 2. The highest BCUT2D eigenvalue weighted by Crippen LogP contribution is 2.66. The fourth-order valence-electron chi connectivity index (χ4n) is 7.12. The van der Waals surface area contributed by atoms with Crippen LogP contribution < -0.4 is 0 Å². The number of rotatable bonds is 2. The van der Waals surface area contributed by atoms with E-state index in [0.717, 1.165) is 38.5 Å². The molecule has 0 heterocycles. The maximum Gasteiger partial charge on any atom is 0.161 e. The van der Waals surface area contributed by atoms with Gasteiger partial charge in [-0.1, -0.05) is 25.5 Å². The van der Waals surface area contributed by atoms with Gasteiger partial charge >= 0.3 is 0 Å². The molecule has 0 amide bonds. The molecule has 4 aliphatic rings. The van der Waals surface area contributed by atoms with E-state index in [1.807, 2.05) is 0 Å². The van der Waals surface area contributed by atoms with Gasteiger partial charge in [-0.15, -0.1) is 0 Å². The summed E-state index contributed by atoms with van der Waals surface area (Å²) >= 11 is 0. The lowest BCUT2D eigenvalue weighted by atomic mass is 9.47. The molecule has 0 aromatic heterocycles. The van der Waals surface area contributed by atoms with Crippen LogP contribution in [0.1, 0.15) is 65.2 Å². The van der Waals surface area contributed by atoms with E-state index in [-0.39, 0.29) is 29.1 Å². The highest BCUT2D eigenvalue weighted by molar-refractivity contribution is 5.83. The van der Waals surface area contributed by atoms with E-state index in [4.69, 9.17) is 0 Å². The van der Waals surface area contributed by atoms with Crippen molar-refractivity contribution in [2.45, 2.75) is 65.2 Å². The van der Waals surface area contributed by atoms with Crippen molar-refractivity contribution in [1.82, 2.24) is 0 Å². The number of allylic oxidation sites excluding steroid dienone is 2. The molecule has 3 fully saturated rings. The monoisotopic (exact) mass is 330 g/mol. The van der Waals surface area contributed by atoms with Gasteiger partial charge in [0.05, 0.1) is 0 Å². The van der Waals surface area contributed by atoms with Crippen LogP contribution in [0, 0.1) is 34.5 Å². The number of aliphatic hydroxyl groups excluding tert-OH is 1. The Morgan fingerprint density at radius 2 is 2.00 bits per heavy atom. The second-order valence-electron chi connectivity index (χ2n) is 9.27. The van der Waals surface area contributed by atoms with Crippen LogP contribution in [-0.2, 0) is 9.59 Å². The number of ketones is 2. The van der Waals surface area contributed by atoms with Gasteiger partial charge in [-0.3, -0.25) is 9.59 Å². The summed E-state index contributed by atoms with van der Waals surface area (Å²) in [5.41, 5.74) is 1.69. The Morgan fingerprint density at radius 1 is 1.21 bits per heavy atom. The van der Waals surface area contributed by atoms with Crippen LogP contribution in [0.2, 0.25) is 0 Å². The Balaban J connectivity index is 1.65. The minimum atomic E-state index is -0.301. The van der Waals surface area contributed by atoms with Crippen LogP contribution in [-0.4, -0.2) is 23.3 Å². The van der Waals surface area contributed by atoms with Gasteiger partial charge in [-0.25, -0.2) is 0 Å². The molecule has 0 radical (unpaired) electrons. The van der Waals surface area contributed by atoms with Crippen LogP contribution in [0.3, 0.4) is 0 Å². The maximum atomic E-state index is 12.3. The predicted molar refractivity (Wildman–Crippen MR) is 92.3 cm³/mol. The Bertz CT molecular complexity index is 606. The van der Waals surface area contributed by atoms with Gasteiger partial charge < -0.3 is 5.11 Å². The molecule has 3 saturated carbocycles. The van der Waals surface area contributed by atoms with Crippen molar-refractivity contribution in [3.63, 3.8) is 0 Å². The summed E-state index contributed by atoms with van der Waals surface area (Å²) in [7, 11) is 0. The highest BCUT2D eigenvalue weighted by atomic mass is 16.3. The molecular weight excluding hydrogens is 300 g/mol. The lowest BCUT2D eigenvalue weighted by molar-refractivity contribution is -0.133. The number of aliphatic hydroxyl groups is 1. The molecule has 1 N–H and O–H groups in total. The third-order valence-corrected chi connectivity index (χ3v) is 8.48. The van der Waals surface area contributed by atoms with Crippen molar-refractivity contribution in [3.8, 4) is 0 Å². The first-order valence-electron chi connectivity index (χ1n) is 9.75. The minimum Gasteiger partial charge on any atom is -0.389 e. The van der Waals surface area contributed by atoms with E-state index in [9.17, 15) is 14.7 Å². The van der Waals surface area contributed by atoms with Crippen molar-refractivity contribution >= 4 is 11.6 Å². The summed E-state index contributed by atoms with van der Waals surface area (Å²) in [6.07, 6.45) is 10.3. The zero-order valence-electron chi connectivity index (χ0n) is 15.0. The predicted octanol–water partition coefficient (Wildman–Crippen LogP) is 3.70. The fourth-order valence-corrected chi connectivity index (χ4v) is 7.12. The summed E-state index contributed by atoms with van der Waals surface area (Å²) < 4.78 is 0.